The second-order valence-electron chi connectivity index (χ2n) is 1.63. The molecule has 0 unspecified atom stereocenters. The van der Waals surface area contributed by atoms with Crippen LogP contribution in [0.1, 0.15) is 0 Å². The van der Waals surface area contributed by atoms with E-state index in [1.807, 2.05) is 0 Å². The second-order valence-corrected chi connectivity index (χ2v) is 1.63. The van der Waals surface area contributed by atoms with Crippen molar-refractivity contribution in [2.45, 2.75) is 0 Å². The van der Waals surface area contributed by atoms with Gasteiger partial charge in [0.1, 0.15) is 12.7 Å². The molecule has 1 aromatic heterocycles. The van der Waals surface area contributed by atoms with Gasteiger partial charge in [0.15, 0.2) is 5.82 Å². The zero-order valence-corrected chi connectivity index (χ0v) is 4.92. The van der Waals surface area contributed by atoms with Crippen LogP contribution in [-0.2, 0) is 0 Å². The molecule has 6 nitrogen and oxygen atoms in total. The summed E-state index contributed by atoms with van der Waals surface area (Å²) in [7, 11) is 0. The number of nitrogens with zero attached hydrogens (tertiary/aromatic N) is 6. The Morgan fingerprint density at radius 2 is 2.40 bits per heavy atom. The predicted octanol–water partition coefficient (Wildman–Crippen LogP) is 0.0192. The van der Waals surface area contributed by atoms with Gasteiger partial charge in [-0.3, -0.25) is 0 Å². The van der Waals surface area contributed by atoms with Crippen LogP contribution in [-0.4, -0.2) is 14.8 Å². The van der Waals surface area contributed by atoms with Crippen LogP contribution in [0.25, 0.3) is 5.82 Å². The highest BCUT2D eigenvalue weighted by Gasteiger charge is 2.03. The standard InChI is InChI=1S/C4H3N6/c1-4(8-9-6-1)10-3-5-2-7-10/h1-3H. The smallest absolute Gasteiger partial charge is 0.199 e. The van der Waals surface area contributed by atoms with Crippen molar-refractivity contribution in [3.05, 3.63) is 18.9 Å². The van der Waals surface area contributed by atoms with Crippen LogP contribution in [0.15, 0.2) is 29.2 Å². The Morgan fingerprint density at radius 1 is 1.40 bits per heavy atom. The van der Waals surface area contributed by atoms with E-state index in [9.17, 15) is 0 Å². The Balaban J connectivity index is 2.36. The minimum absolute atomic E-state index is 0.581. The van der Waals surface area contributed by atoms with Crippen molar-refractivity contribution >= 4 is 5.82 Å². The molecule has 1 radical (unpaired) electrons. The highest BCUT2D eigenvalue weighted by molar-refractivity contribution is 5.41. The van der Waals surface area contributed by atoms with Crippen molar-refractivity contribution in [1.29, 1.82) is 0 Å². The number of rotatable bonds is 1. The average molecular weight is 135 g/mol. The first kappa shape index (κ1) is 5.10. The molecule has 0 spiro atoms. The highest BCUT2D eigenvalue weighted by atomic mass is 15.5. The maximum Gasteiger partial charge on any atom is 0.199 e. The van der Waals surface area contributed by atoms with Crippen LogP contribution in [0.4, 0.5) is 0 Å². The molecular weight excluding hydrogens is 132 g/mol. The Labute approximate surface area is 56.3 Å². The topological polar surface area (TPSA) is 69.5 Å². The molecule has 0 aliphatic carbocycles. The van der Waals surface area contributed by atoms with Gasteiger partial charge in [-0.05, 0) is 5.22 Å². The van der Waals surface area contributed by atoms with Crippen LogP contribution in [0.5, 0.6) is 0 Å². The third kappa shape index (κ3) is 0.661. The van der Waals surface area contributed by atoms with Gasteiger partial charge in [0.05, 0.1) is 6.20 Å². The summed E-state index contributed by atoms with van der Waals surface area (Å²) in [6, 6.07) is 0. The molecule has 2 heterocycles. The zero-order valence-electron chi connectivity index (χ0n) is 4.92. The first-order valence-electron chi connectivity index (χ1n) is 2.63. The molecule has 0 saturated heterocycles. The normalized spacial score (nSPS) is 15.0. The van der Waals surface area contributed by atoms with E-state index in [0.717, 1.165) is 0 Å². The molecule has 0 fully saturated rings. The minimum atomic E-state index is 0.581. The van der Waals surface area contributed by atoms with Crippen molar-refractivity contribution in [2.75, 3.05) is 0 Å². The Hall–Kier alpha value is -1.72. The third-order valence-corrected chi connectivity index (χ3v) is 1.03. The molecular formula is C4H3N6. The molecule has 1 aliphatic rings. The van der Waals surface area contributed by atoms with E-state index in [2.05, 4.69) is 25.8 Å². The van der Waals surface area contributed by atoms with E-state index in [4.69, 9.17) is 0 Å². The summed E-state index contributed by atoms with van der Waals surface area (Å²) in [6.07, 6.45) is 4.47. The maximum absolute atomic E-state index is 3.82. The van der Waals surface area contributed by atoms with E-state index in [1.165, 1.54) is 23.5 Å². The van der Waals surface area contributed by atoms with Crippen molar-refractivity contribution in [1.82, 2.24) is 20.2 Å². The molecule has 0 N–H and O–H groups in total. The number of hydrogen-bond donors (Lipinski definition) is 0. The molecule has 1 aliphatic heterocycles. The molecule has 0 bridgehead atoms. The van der Waals surface area contributed by atoms with Gasteiger partial charge in [0.2, 0.25) is 0 Å². The lowest BCUT2D eigenvalue weighted by Crippen LogP contribution is -1.92. The maximum atomic E-state index is 3.82. The molecule has 2 rings (SSSR count). The summed E-state index contributed by atoms with van der Waals surface area (Å²) in [5, 5.41) is 10.9. The quantitative estimate of drug-likeness (QED) is 0.544. The van der Waals surface area contributed by atoms with E-state index in [0.29, 0.717) is 5.82 Å². The number of hydrogen-bond acceptors (Lipinski definition) is 4. The third-order valence-electron chi connectivity index (χ3n) is 1.03. The first-order valence-corrected chi connectivity index (χ1v) is 2.63. The van der Waals surface area contributed by atoms with Gasteiger partial charge in [-0.1, -0.05) is 0 Å². The molecule has 0 atom stereocenters. The van der Waals surface area contributed by atoms with Crippen LogP contribution < -0.4 is 5.43 Å². The van der Waals surface area contributed by atoms with Gasteiger partial charge in [-0.25, -0.2) is 4.98 Å². The largest absolute Gasteiger partial charge is 0.223 e. The summed E-state index contributed by atoms with van der Waals surface area (Å²) in [4.78, 5) is 3.73. The van der Waals surface area contributed by atoms with Gasteiger partial charge in [-0.15, -0.1) is 10.5 Å². The summed E-state index contributed by atoms with van der Waals surface area (Å²) >= 11 is 0. The molecule has 6 heteroatoms. The Morgan fingerprint density at radius 3 is 3.00 bits per heavy atom. The Kier molecular flexibility index (Phi) is 0.970. The van der Waals surface area contributed by atoms with Crippen LogP contribution in [0, 0.1) is 0 Å². The summed E-state index contributed by atoms with van der Waals surface area (Å²) in [5.41, 5.74) is 3.53. The lowest BCUT2D eigenvalue weighted by Gasteiger charge is -1.89. The minimum Gasteiger partial charge on any atom is -0.223 e. The average Bonchev–Trinajstić information content (AvgIpc) is 2.59. The molecule has 1 aromatic rings. The van der Waals surface area contributed by atoms with Crippen molar-refractivity contribution in [2.24, 2.45) is 10.3 Å². The lowest BCUT2D eigenvalue weighted by atomic mass is 10.8. The van der Waals surface area contributed by atoms with Crippen molar-refractivity contribution < 1.29 is 0 Å². The highest BCUT2D eigenvalue weighted by Crippen LogP contribution is 2.06. The molecule has 0 saturated carbocycles. The Bertz CT molecular complexity index is 270. The van der Waals surface area contributed by atoms with Gasteiger partial charge in [-0.2, -0.15) is 9.78 Å². The van der Waals surface area contributed by atoms with Crippen LogP contribution in [0.3, 0.4) is 0 Å². The number of aromatic nitrogens is 3. The molecule has 0 aromatic carbocycles. The zero-order chi connectivity index (χ0) is 6.81. The molecule has 49 valence electrons. The summed E-state index contributed by atoms with van der Waals surface area (Å²) in [6.45, 7) is 0. The van der Waals surface area contributed by atoms with E-state index < -0.39 is 0 Å². The van der Waals surface area contributed by atoms with Gasteiger partial charge >= 0.3 is 0 Å². The van der Waals surface area contributed by atoms with E-state index >= 15 is 0 Å². The molecule has 0 amide bonds. The summed E-state index contributed by atoms with van der Waals surface area (Å²) in [5.74, 6) is 0.581. The monoisotopic (exact) mass is 135 g/mol. The summed E-state index contributed by atoms with van der Waals surface area (Å²) < 4.78 is 1.49. The lowest BCUT2D eigenvalue weighted by molar-refractivity contribution is 0.870. The first-order chi connectivity index (χ1) is 4.97. The fourth-order valence-electron chi connectivity index (χ4n) is 0.606. The SMILES string of the molecule is C1=C(n2cncn2)N=N[N]1. The van der Waals surface area contributed by atoms with Gasteiger partial charge in [0.25, 0.3) is 0 Å². The fourth-order valence-corrected chi connectivity index (χ4v) is 0.606. The van der Waals surface area contributed by atoms with E-state index in [1.54, 1.807) is 0 Å². The van der Waals surface area contributed by atoms with Crippen LogP contribution in [0.2, 0.25) is 0 Å². The van der Waals surface area contributed by atoms with Crippen molar-refractivity contribution in [3.8, 4) is 0 Å². The van der Waals surface area contributed by atoms with Crippen LogP contribution >= 0.6 is 0 Å². The van der Waals surface area contributed by atoms with Gasteiger partial charge < -0.3 is 0 Å². The predicted molar refractivity (Wildman–Crippen MR) is 31.3 cm³/mol. The fraction of sp³-hybridized carbons (Fsp3) is 0. The van der Waals surface area contributed by atoms with Gasteiger partial charge in [0, 0.05) is 0 Å². The van der Waals surface area contributed by atoms with Crippen molar-refractivity contribution in [3.63, 3.8) is 0 Å². The second kappa shape index (κ2) is 1.90. The molecule has 10 heavy (non-hydrogen) atoms. The van der Waals surface area contributed by atoms with E-state index in [-0.39, 0.29) is 0 Å².